The Morgan fingerprint density at radius 2 is 2.25 bits per heavy atom. The van der Waals surface area contributed by atoms with Crippen molar-refractivity contribution in [3.8, 4) is 0 Å². The molecule has 0 spiro atoms. The molecule has 16 heavy (non-hydrogen) atoms. The highest BCUT2D eigenvalue weighted by Gasteiger charge is 2.28. The third kappa shape index (κ3) is 5.10. The number of nitrogens with one attached hydrogen (secondary N) is 1. The summed E-state index contributed by atoms with van der Waals surface area (Å²) in [6.45, 7) is 13.9. The monoisotopic (exact) mass is 226 g/mol. The fourth-order valence-electron chi connectivity index (χ4n) is 2.18. The van der Waals surface area contributed by atoms with E-state index in [0.717, 1.165) is 39.0 Å². The molecule has 1 aliphatic rings. The Balaban J connectivity index is 2.28. The van der Waals surface area contributed by atoms with Crippen LogP contribution in [0.25, 0.3) is 0 Å². The summed E-state index contributed by atoms with van der Waals surface area (Å²) in [6.07, 6.45) is 2.00. The molecule has 94 valence electrons. The van der Waals surface area contributed by atoms with Gasteiger partial charge in [0.25, 0.3) is 0 Å². The molecule has 1 saturated heterocycles. The number of aliphatic hydroxyl groups is 1. The van der Waals surface area contributed by atoms with Crippen LogP contribution >= 0.6 is 0 Å². The van der Waals surface area contributed by atoms with Crippen LogP contribution in [-0.2, 0) is 0 Å². The minimum Gasteiger partial charge on any atom is -0.389 e. The summed E-state index contributed by atoms with van der Waals surface area (Å²) < 4.78 is 0. The highest BCUT2D eigenvalue weighted by Crippen LogP contribution is 2.20. The molecule has 0 aromatic heterocycles. The lowest BCUT2D eigenvalue weighted by Crippen LogP contribution is -2.47. The second-order valence-electron chi connectivity index (χ2n) is 5.60. The van der Waals surface area contributed by atoms with E-state index in [-0.39, 0.29) is 0 Å². The first-order valence-corrected chi connectivity index (χ1v) is 6.24. The highest BCUT2D eigenvalue weighted by atomic mass is 16.3. The molecule has 1 aliphatic heterocycles. The minimum atomic E-state index is -0.510. The van der Waals surface area contributed by atoms with Gasteiger partial charge < -0.3 is 10.4 Å². The molecule has 0 amide bonds. The van der Waals surface area contributed by atoms with Gasteiger partial charge in [-0.2, -0.15) is 0 Å². The number of β-amino-alcohol motifs (C(OH)–C–C–N with tert-alkyl or cyclic N) is 1. The van der Waals surface area contributed by atoms with Crippen LogP contribution in [0, 0.1) is 0 Å². The van der Waals surface area contributed by atoms with Crippen LogP contribution in [0.3, 0.4) is 0 Å². The molecule has 0 bridgehead atoms. The van der Waals surface area contributed by atoms with Crippen molar-refractivity contribution >= 4 is 0 Å². The SMILES string of the molecule is C=C(CNC(C)C)CN1CCCC(C)(O)C1. The zero-order valence-corrected chi connectivity index (χ0v) is 10.9. The smallest absolute Gasteiger partial charge is 0.0746 e. The molecule has 1 rings (SSSR count). The van der Waals surface area contributed by atoms with Crippen LogP contribution in [0.2, 0.25) is 0 Å². The summed E-state index contributed by atoms with van der Waals surface area (Å²) in [6, 6.07) is 0.501. The van der Waals surface area contributed by atoms with Gasteiger partial charge in [-0.15, -0.1) is 0 Å². The standard InChI is InChI=1S/C13H26N2O/c1-11(2)14-8-12(3)9-15-7-5-6-13(4,16)10-15/h11,14,16H,3,5-10H2,1-2,4H3. The molecule has 0 aromatic rings. The second kappa shape index (κ2) is 5.80. The van der Waals surface area contributed by atoms with Crippen LogP contribution in [-0.4, -0.2) is 47.8 Å². The van der Waals surface area contributed by atoms with Crippen molar-refractivity contribution in [1.82, 2.24) is 10.2 Å². The maximum atomic E-state index is 9.99. The third-order valence-corrected chi connectivity index (χ3v) is 2.96. The summed E-state index contributed by atoms with van der Waals surface area (Å²) in [5.41, 5.74) is 0.690. The molecule has 0 aliphatic carbocycles. The van der Waals surface area contributed by atoms with E-state index >= 15 is 0 Å². The second-order valence-corrected chi connectivity index (χ2v) is 5.60. The average Bonchev–Trinajstić information content (AvgIpc) is 2.13. The van der Waals surface area contributed by atoms with Gasteiger partial charge in [0.15, 0.2) is 0 Å². The van der Waals surface area contributed by atoms with E-state index in [1.165, 1.54) is 5.57 Å². The van der Waals surface area contributed by atoms with E-state index < -0.39 is 5.60 Å². The fourth-order valence-corrected chi connectivity index (χ4v) is 2.18. The summed E-state index contributed by atoms with van der Waals surface area (Å²) in [5, 5.41) is 13.4. The van der Waals surface area contributed by atoms with E-state index in [2.05, 4.69) is 30.6 Å². The van der Waals surface area contributed by atoms with Gasteiger partial charge in [0, 0.05) is 25.7 Å². The van der Waals surface area contributed by atoms with Gasteiger partial charge >= 0.3 is 0 Å². The van der Waals surface area contributed by atoms with Crippen molar-refractivity contribution in [2.24, 2.45) is 0 Å². The van der Waals surface area contributed by atoms with E-state index in [1.807, 2.05) is 6.92 Å². The lowest BCUT2D eigenvalue weighted by molar-refractivity contribution is -0.0125. The molecule has 1 heterocycles. The highest BCUT2D eigenvalue weighted by molar-refractivity contribution is 5.01. The van der Waals surface area contributed by atoms with Crippen molar-refractivity contribution in [3.05, 3.63) is 12.2 Å². The number of hydrogen-bond donors (Lipinski definition) is 2. The van der Waals surface area contributed by atoms with Gasteiger partial charge in [0.1, 0.15) is 0 Å². The Labute approximate surface area is 99.5 Å². The third-order valence-electron chi connectivity index (χ3n) is 2.96. The van der Waals surface area contributed by atoms with Crippen molar-refractivity contribution < 1.29 is 5.11 Å². The fraction of sp³-hybridized carbons (Fsp3) is 0.846. The Morgan fingerprint density at radius 3 is 2.81 bits per heavy atom. The molecule has 1 fully saturated rings. The lowest BCUT2D eigenvalue weighted by atomic mass is 9.95. The zero-order chi connectivity index (χ0) is 12.2. The van der Waals surface area contributed by atoms with Gasteiger partial charge in [-0.25, -0.2) is 0 Å². The molecule has 3 heteroatoms. The van der Waals surface area contributed by atoms with Gasteiger partial charge in [0.2, 0.25) is 0 Å². The van der Waals surface area contributed by atoms with Crippen LogP contribution in [0.4, 0.5) is 0 Å². The summed E-state index contributed by atoms with van der Waals surface area (Å²) >= 11 is 0. The maximum Gasteiger partial charge on any atom is 0.0746 e. The molecule has 0 saturated carbocycles. The van der Waals surface area contributed by atoms with Gasteiger partial charge in [0.05, 0.1) is 5.60 Å². The topological polar surface area (TPSA) is 35.5 Å². The number of piperidine rings is 1. The largest absolute Gasteiger partial charge is 0.389 e. The van der Waals surface area contributed by atoms with Gasteiger partial charge in [-0.05, 0) is 31.9 Å². The Hall–Kier alpha value is -0.380. The maximum absolute atomic E-state index is 9.99. The van der Waals surface area contributed by atoms with E-state index in [0.29, 0.717) is 6.04 Å². The molecule has 1 unspecified atom stereocenters. The first-order chi connectivity index (χ1) is 7.39. The number of hydrogen-bond acceptors (Lipinski definition) is 3. The Morgan fingerprint density at radius 1 is 1.56 bits per heavy atom. The lowest BCUT2D eigenvalue weighted by Gasteiger charge is -2.37. The average molecular weight is 226 g/mol. The zero-order valence-electron chi connectivity index (χ0n) is 10.9. The van der Waals surface area contributed by atoms with Gasteiger partial charge in [-0.3, -0.25) is 4.90 Å². The van der Waals surface area contributed by atoms with Crippen molar-refractivity contribution in [1.29, 1.82) is 0 Å². The van der Waals surface area contributed by atoms with Crippen LogP contribution in [0.5, 0.6) is 0 Å². The quantitative estimate of drug-likeness (QED) is 0.695. The summed E-state index contributed by atoms with van der Waals surface area (Å²) in [4.78, 5) is 2.30. The molecule has 2 N–H and O–H groups in total. The number of nitrogens with zero attached hydrogens (tertiary/aromatic N) is 1. The normalized spacial score (nSPS) is 27.3. The van der Waals surface area contributed by atoms with Crippen LogP contribution < -0.4 is 5.32 Å². The van der Waals surface area contributed by atoms with Crippen molar-refractivity contribution in [2.45, 2.75) is 45.3 Å². The van der Waals surface area contributed by atoms with Crippen molar-refractivity contribution in [3.63, 3.8) is 0 Å². The van der Waals surface area contributed by atoms with E-state index in [4.69, 9.17) is 0 Å². The van der Waals surface area contributed by atoms with Crippen LogP contribution in [0.1, 0.15) is 33.6 Å². The summed E-state index contributed by atoms with van der Waals surface area (Å²) in [7, 11) is 0. The predicted octanol–water partition coefficient (Wildman–Crippen LogP) is 1.39. The van der Waals surface area contributed by atoms with E-state index in [9.17, 15) is 5.11 Å². The first-order valence-electron chi connectivity index (χ1n) is 6.24. The predicted molar refractivity (Wildman–Crippen MR) is 68.6 cm³/mol. The molecular formula is C13H26N2O. The van der Waals surface area contributed by atoms with Crippen molar-refractivity contribution in [2.75, 3.05) is 26.2 Å². The summed E-state index contributed by atoms with van der Waals surface area (Å²) in [5.74, 6) is 0. The molecule has 1 atom stereocenters. The number of rotatable bonds is 5. The molecule has 3 nitrogen and oxygen atoms in total. The molecule has 0 radical (unpaired) electrons. The van der Waals surface area contributed by atoms with E-state index in [1.54, 1.807) is 0 Å². The van der Waals surface area contributed by atoms with Gasteiger partial charge in [-0.1, -0.05) is 20.4 Å². The Bertz CT molecular complexity index is 236. The minimum absolute atomic E-state index is 0.501. The molecular weight excluding hydrogens is 200 g/mol. The van der Waals surface area contributed by atoms with Crippen LogP contribution in [0.15, 0.2) is 12.2 Å². The first kappa shape index (κ1) is 13.7. The Kier molecular flexibility index (Phi) is 4.96. The number of likely N-dealkylation sites (tertiary alicyclic amines) is 1. The molecule has 0 aromatic carbocycles.